The lowest BCUT2D eigenvalue weighted by molar-refractivity contribution is 0.0784. The number of hydrogen-bond acceptors (Lipinski definition) is 5. The van der Waals surface area contributed by atoms with Crippen molar-refractivity contribution in [3.63, 3.8) is 0 Å². The Morgan fingerprint density at radius 3 is 2.59 bits per heavy atom. The van der Waals surface area contributed by atoms with E-state index in [4.69, 9.17) is 9.47 Å². The smallest absolute Gasteiger partial charge is 0.253 e. The van der Waals surface area contributed by atoms with E-state index in [0.717, 1.165) is 24.0 Å². The molecule has 8 heteroatoms. The van der Waals surface area contributed by atoms with Crippen LogP contribution in [0.25, 0.3) is 0 Å². The summed E-state index contributed by atoms with van der Waals surface area (Å²) in [5.41, 5.74) is 2.90. The topological polar surface area (TPSA) is 76.2 Å². The minimum atomic E-state index is -3.33. The van der Waals surface area contributed by atoms with Crippen molar-refractivity contribution in [2.75, 3.05) is 38.4 Å². The summed E-state index contributed by atoms with van der Waals surface area (Å²) >= 11 is 0. The van der Waals surface area contributed by atoms with Crippen LogP contribution in [-0.4, -0.2) is 53.3 Å². The number of anilines is 1. The zero-order valence-electron chi connectivity index (χ0n) is 17.1. The molecule has 1 aliphatic heterocycles. The maximum absolute atomic E-state index is 13.0. The average molecular weight is 419 g/mol. The number of carbonyl (C=O) groups is 1. The first-order chi connectivity index (χ1) is 13.8. The van der Waals surface area contributed by atoms with Crippen molar-refractivity contribution >= 4 is 21.6 Å². The standard InChI is InChI=1S/C21H26N2O5S/c1-22(14-17-7-5-9-19(27-2)20(17)28-3)21(24)16-10-11-18-15(13-16)8-6-12-23(18)29(4,25)26/h5,7,9-11,13H,6,8,12,14H2,1-4H3. The quantitative estimate of drug-likeness (QED) is 0.721. The Bertz CT molecular complexity index is 1020. The Kier molecular flexibility index (Phi) is 6.02. The molecule has 0 unspecified atom stereocenters. The molecule has 0 bridgehead atoms. The van der Waals surface area contributed by atoms with E-state index in [-0.39, 0.29) is 5.91 Å². The number of methoxy groups -OCH3 is 2. The molecular formula is C21H26N2O5S. The Labute approximate surface area is 171 Å². The van der Waals surface area contributed by atoms with E-state index in [1.54, 1.807) is 50.4 Å². The Morgan fingerprint density at radius 2 is 1.93 bits per heavy atom. The molecule has 1 heterocycles. The van der Waals surface area contributed by atoms with Gasteiger partial charge in [0.05, 0.1) is 26.2 Å². The lowest BCUT2D eigenvalue weighted by Gasteiger charge is -2.29. The molecule has 0 spiro atoms. The van der Waals surface area contributed by atoms with Crippen LogP contribution < -0.4 is 13.8 Å². The van der Waals surface area contributed by atoms with Crippen molar-refractivity contribution in [1.29, 1.82) is 0 Å². The van der Waals surface area contributed by atoms with Crippen LogP contribution in [0.5, 0.6) is 11.5 Å². The Morgan fingerprint density at radius 1 is 1.17 bits per heavy atom. The summed E-state index contributed by atoms with van der Waals surface area (Å²) in [5, 5.41) is 0. The fraction of sp³-hybridized carbons (Fsp3) is 0.381. The third-order valence-electron chi connectivity index (χ3n) is 5.04. The van der Waals surface area contributed by atoms with Crippen molar-refractivity contribution < 1.29 is 22.7 Å². The summed E-state index contributed by atoms with van der Waals surface area (Å²) in [6.07, 6.45) is 2.68. The molecule has 0 N–H and O–H groups in total. The number of rotatable bonds is 6. The van der Waals surface area contributed by atoms with Gasteiger partial charge in [0.2, 0.25) is 10.0 Å². The summed E-state index contributed by atoms with van der Waals surface area (Å²) in [4.78, 5) is 14.6. The van der Waals surface area contributed by atoms with Crippen LogP contribution in [0.3, 0.4) is 0 Å². The van der Waals surface area contributed by atoms with Gasteiger partial charge in [-0.15, -0.1) is 0 Å². The SMILES string of the molecule is COc1cccc(CN(C)C(=O)c2ccc3c(c2)CCCN3S(C)(=O)=O)c1OC. The van der Waals surface area contributed by atoms with E-state index in [0.29, 0.717) is 35.8 Å². The zero-order chi connectivity index (χ0) is 21.2. The minimum Gasteiger partial charge on any atom is -0.493 e. The fourth-order valence-corrected chi connectivity index (χ4v) is 4.66. The number of carbonyl (C=O) groups excluding carboxylic acids is 1. The molecule has 0 radical (unpaired) electrons. The molecule has 0 aliphatic carbocycles. The van der Waals surface area contributed by atoms with E-state index in [2.05, 4.69) is 0 Å². The van der Waals surface area contributed by atoms with Crippen LogP contribution in [0.4, 0.5) is 5.69 Å². The molecule has 156 valence electrons. The maximum Gasteiger partial charge on any atom is 0.253 e. The summed E-state index contributed by atoms with van der Waals surface area (Å²) < 4.78 is 36.2. The predicted octanol–water partition coefficient (Wildman–Crippen LogP) is 2.69. The number of ether oxygens (including phenoxy) is 2. The number of nitrogens with zero attached hydrogens (tertiary/aromatic N) is 2. The van der Waals surface area contributed by atoms with Gasteiger partial charge in [0.25, 0.3) is 5.91 Å². The van der Waals surface area contributed by atoms with E-state index < -0.39 is 10.0 Å². The monoisotopic (exact) mass is 418 g/mol. The summed E-state index contributed by atoms with van der Waals surface area (Å²) in [6, 6.07) is 10.8. The third-order valence-corrected chi connectivity index (χ3v) is 6.22. The van der Waals surface area contributed by atoms with Gasteiger partial charge in [-0.05, 0) is 42.7 Å². The normalized spacial score (nSPS) is 13.6. The molecule has 0 saturated heterocycles. The van der Waals surface area contributed by atoms with Gasteiger partial charge in [0.1, 0.15) is 0 Å². The van der Waals surface area contributed by atoms with Gasteiger partial charge in [-0.25, -0.2) is 8.42 Å². The number of fused-ring (bicyclic) bond motifs is 1. The summed E-state index contributed by atoms with van der Waals surface area (Å²) in [7, 11) is 1.54. The molecule has 2 aromatic carbocycles. The highest BCUT2D eigenvalue weighted by molar-refractivity contribution is 7.92. The number of amides is 1. The van der Waals surface area contributed by atoms with Crippen molar-refractivity contribution in [3.05, 3.63) is 53.1 Å². The molecule has 29 heavy (non-hydrogen) atoms. The molecule has 1 aliphatic rings. The predicted molar refractivity (Wildman–Crippen MR) is 112 cm³/mol. The molecule has 0 saturated carbocycles. The molecule has 2 aromatic rings. The number of aryl methyl sites for hydroxylation is 1. The van der Waals surface area contributed by atoms with E-state index in [1.165, 1.54) is 10.6 Å². The first-order valence-electron chi connectivity index (χ1n) is 9.32. The fourth-order valence-electron chi connectivity index (χ4n) is 3.67. The summed E-state index contributed by atoms with van der Waals surface area (Å²) in [6.45, 7) is 0.820. The Hall–Kier alpha value is -2.74. The second-order valence-corrected chi connectivity index (χ2v) is 9.00. The highest BCUT2D eigenvalue weighted by Crippen LogP contribution is 2.32. The lowest BCUT2D eigenvalue weighted by atomic mass is 10.00. The van der Waals surface area contributed by atoms with E-state index >= 15 is 0 Å². The van der Waals surface area contributed by atoms with Crippen molar-refractivity contribution in [3.8, 4) is 11.5 Å². The van der Waals surface area contributed by atoms with E-state index in [9.17, 15) is 13.2 Å². The highest BCUT2D eigenvalue weighted by Gasteiger charge is 2.25. The van der Waals surface area contributed by atoms with Gasteiger partial charge in [-0.1, -0.05) is 12.1 Å². The lowest BCUT2D eigenvalue weighted by Crippen LogP contribution is -2.35. The van der Waals surface area contributed by atoms with Crippen LogP contribution in [0.2, 0.25) is 0 Å². The molecule has 3 rings (SSSR count). The van der Waals surface area contributed by atoms with Crippen molar-refractivity contribution in [2.45, 2.75) is 19.4 Å². The van der Waals surface area contributed by atoms with Crippen LogP contribution in [0, 0.1) is 0 Å². The largest absolute Gasteiger partial charge is 0.493 e. The molecular weight excluding hydrogens is 392 g/mol. The maximum atomic E-state index is 13.0. The van der Waals surface area contributed by atoms with Gasteiger partial charge >= 0.3 is 0 Å². The van der Waals surface area contributed by atoms with Crippen LogP contribution in [0.15, 0.2) is 36.4 Å². The molecule has 7 nitrogen and oxygen atoms in total. The minimum absolute atomic E-state index is 0.144. The first-order valence-corrected chi connectivity index (χ1v) is 11.2. The zero-order valence-corrected chi connectivity index (χ0v) is 18.0. The number of para-hydroxylation sites is 1. The average Bonchev–Trinajstić information content (AvgIpc) is 2.71. The number of sulfonamides is 1. The molecule has 0 fully saturated rings. The van der Waals surface area contributed by atoms with Crippen molar-refractivity contribution in [1.82, 2.24) is 4.90 Å². The van der Waals surface area contributed by atoms with Gasteiger partial charge in [-0.2, -0.15) is 0 Å². The van der Waals surface area contributed by atoms with Crippen LogP contribution in [-0.2, 0) is 23.0 Å². The van der Waals surface area contributed by atoms with Crippen LogP contribution >= 0.6 is 0 Å². The second kappa shape index (κ2) is 8.32. The molecule has 0 aromatic heterocycles. The molecule has 0 atom stereocenters. The van der Waals surface area contributed by atoms with Crippen molar-refractivity contribution in [2.24, 2.45) is 0 Å². The van der Waals surface area contributed by atoms with Gasteiger partial charge in [0.15, 0.2) is 11.5 Å². The number of benzene rings is 2. The third kappa shape index (κ3) is 4.32. The highest BCUT2D eigenvalue weighted by atomic mass is 32.2. The molecule has 1 amide bonds. The summed E-state index contributed by atoms with van der Waals surface area (Å²) in [5.74, 6) is 1.07. The van der Waals surface area contributed by atoms with Gasteiger partial charge < -0.3 is 14.4 Å². The van der Waals surface area contributed by atoms with Crippen LogP contribution in [0.1, 0.15) is 27.9 Å². The number of hydrogen-bond donors (Lipinski definition) is 0. The Balaban J connectivity index is 1.84. The van der Waals surface area contributed by atoms with E-state index in [1.807, 2.05) is 12.1 Å². The second-order valence-electron chi connectivity index (χ2n) is 7.10. The van der Waals surface area contributed by atoms with Gasteiger partial charge in [0, 0.05) is 31.3 Å². The van der Waals surface area contributed by atoms with Gasteiger partial charge in [-0.3, -0.25) is 9.10 Å². The first kappa shape index (κ1) is 21.0.